The van der Waals surface area contributed by atoms with Crippen molar-refractivity contribution >= 4 is 42.7 Å². The largest absolute Gasteiger partial charge is 0.507 e. The summed E-state index contributed by atoms with van der Waals surface area (Å²) in [5, 5.41) is 10.6. The fraction of sp³-hybridized carbons (Fsp3) is 0.477. The first-order valence-corrected chi connectivity index (χ1v) is 21.8. The predicted octanol–water partition coefficient (Wildman–Crippen LogP) is 7.53. The molecule has 0 radical (unpaired) electrons. The highest BCUT2D eigenvalue weighted by Crippen LogP contribution is 2.40. The van der Waals surface area contributed by atoms with Crippen LogP contribution in [0.4, 0.5) is 4.79 Å². The number of fused-ring (bicyclic) bond motifs is 1. The molecule has 310 valence electrons. The lowest BCUT2D eigenvalue weighted by molar-refractivity contribution is -0.151. The number of nitrogens with one attached hydrogen (secondary N) is 4. The first-order valence-electron chi connectivity index (χ1n) is 20.1. The van der Waals surface area contributed by atoms with Crippen LogP contribution in [-0.4, -0.2) is 65.4 Å². The van der Waals surface area contributed by atoms with E-state index in [0.717, 1.165) is 54.0 Å². The molecule has 5 rings (SSSR count). The van der Waals surface area contributed by atoms with Crippen LogP contribution in [0.25, 0.3) is 10.8 Å². The summed E-state index contributed by atoms with van der Waals surface area (Å²) in [6, 6.07) is 20.3. The van der Waals surface area contributed by atoms with Crippen molar-refractivity contribution in [1.82, 2.24) is 25.9 Å². The van der Waals surface area contributed by atoms with Gasteiger partial charge in [0.05, 0.1) is 19.4 Å². The average Bonchev–Trinajstić information content (AvgIpc) is 3.72. The number of methoxy groups -OCH3 is 1. The molecule has 58 heavy (non-hydrogen) atoms. The van der Waals surface area contributed by atoms with Crippen molar-refractivity contribution in [2.45, 2.75) is 102 Å². The molecule has 1 fully saturated rings. The Balaban J connectivity index is 1.47. The van der Waals surface area contributed by atoms with Crippen LogP contribution >= 0.6 is 8.03 Å². The van der Waals surface area contributed by atoms with Crippen LogP contribution in [0, 0.1) is 17.8 Å². The first-order chi connectivity index (χ1) is 27.9. The van der Waals surface area contributed by atoms with E-state index in [2.05, 4.69) is 25.9 Å². The number of esters is 1. The molecule has 0 spiro atoms. The molecular weight excluding hydrogens is 757 g/mol. The van der Waals surface area contributed by atoms with E-state index < -0.39 is 55.6 Å². The highest BCUT2D eigenvalue weighted by atomic mass is 31.1. The summed E-state index contributed by atoms with van der Waals surface area (Å²) in [5.41, 5.74) is 0.628. The first kappa shape index (κ1) is 44.0. The smallest absolute Gasteiger partial charge is 0.469 e. The fourth-order valence-electron chi connectivity index (χ4n) is 8.00. The molecule has 1 saturated carbocycles. The number of H-pyrrole nitrogens is 1. The monoisotopic (exact) mass is 814 g/mol. The number of aromatic nitrogens is 2. The van der Waals surface area contributed by atoms with Crippen LogP contribution in [0.2, 0.25) is 0 Å². The van der Waals surface area contributed by atoms with Gasteiger partial charge >= 0.3 is 20.1 Å². The summed E-state index contributed by atoms with van der Waals surface area (Å²) >= 11 is 0. The van der Waals surface area contributed by atoms with Crippen molar-refractivity contribution in [3.05, 3.63) is 102 Å². The van der Waals surface area contributed by atoms with Gasteiger partial charge in [-0.15, -0.1) is 4.52 Å². The van der Waals surface area contributed by atoms with Crippen molar-refractivity contribution in [3.8, 4) is 0 Å². The summed E-state index contributed by atoms with van der Waals surface area (Å²) in [7, 11) is -0.935. The second-order valence-corrected chi connectivity index (χ2v) is 16.8. The van der Waals surface area contributed by atoms with E-state index in [0.29, 0.717) is 18.5 Å². The molecule has 4 N–H and O–H groups in total. The van der Waals surface area contributed by atoms with E-state index in [4.69, 9.17) is 14.0 Å². The Kier molecular flexibility index (Phi) is 16.4. The number of aromatic amines is 1. The highest BCUT2D eigenvalue weighted by molar-refractivity contribution is 7.38. The number of carbonyl (C=O) groups is 4. The number of benzene rings is 3. The van der Waals surface area contributed by atoms with Gasteiger partial charge in [-0.2, -0.15) is 0 Å². The van der Waals surface area contributed by atoms with E-state index >= 15 is 0 Å². The van der Waals surface area contributed by atoms with Crippen LogP contribution in [-0.2, 0) is 52.4 Å². The average molecular weight is 815 g/mol. The Morgan fingerprint density at radius 1 is 0.897 bits per heavy atom. The number of nitrogens with zero attached hydrogens (tertiary/aromatic N) is 1. The zero-order valence-corrected chi connectivity index (χ0v) is 34.8. The molecule has 14 heteroatoms. The lowest BCUT2D eigenvalue weighted by atomic mass is 9.79. The number of ether oxygens (including phenoxy) is 2. The summed E-state index contributed by atoms with van der Waals surface area (Å²) in [6.45, 7) is 5.41. The van der Waals surface area contributed by atoms with Gasteiger partial charge < -0.3 is 30.4 Å². The second-order valence-electron chi connectivity index (χ2n) is 15.7. The second kappa shape index (κ2) is 21.6. The standard InChI is InChI=1S/C44H56N5O8P/c1-30(2)22-35(42(52)55-3)26-44(57-58(4)54,25-31-14-7-5-8-15-31)49-41(51)39(24-36-27-45-29-46-36)47-40(50)38(48-43(53)56-28-32-16-9-6-10-17-32)23-34-20-13-19-33-18-11-12-21-37(33)34/h6,9-13,16-21,27,29-31,35,38-39H,5,7-8,14-15,22-26,28H2,1-4H3,(H3-,45,46,47,48,49,50,51,53)/p+1/t35?,38?,39-,44?/m0/s1. The molecule has 3 aromatic carbocycles. The maximum Gasteiger partial charge on any atom is 0.507 e. The lowest BCUT2D eigenvalue weighted by Crippen LogP contribution is -2.60. The van der Waals surface area contributed by atoms with Crippen molar-refractivity contribution in [2.24, 2.45) is 17.8 Å². The van der Waals surface area contributed by atoms with Gasteiger partial charge in [-0.1, -0.05) is 119 Å². The number of alkyl carbamates (subject to hydrolysis) is 1. The van der Waals surface area contributed by atoms with E-state index in [1.165, 1.54) is 20.1 Å². The number of carbonyl (C=O) groups excluding carboxylic acids is 4. The van der Waals surface area contributed by atoms with Gasteiger partial charge in [0.15, 0.2) is 12.4 Å². The molecule has 3 amide bonds. The summed E-state index contributed by atoms with van der Waals surface area (Å²) in [4.78, 5) is 62.9. The molecule has 1 heterocycles. The van der Waals surface area contributed by atoms with Crippen molar-refractivity contribution in [1.29, 1.82) is 0 Å². The van der Waals surface area contributed by atoms with Crippen molar-refractivity contribution < 1.29 is 37.7 Å². The molecule has 4 unspecified atom stereocenters. The Hall–Kier alpha value is -5.13. The Bertz CT molecular complexity index is 1970. The topological polar surface area (TPSA) is 178 Å². The molecule has 1 aromatic heterocycles. The van der Waals surface area contributed by atoms with Gasteiger partial charge in [-0.25, -0.2) is 9.78 Å². The van der Waals surface area contributed by atoms with Crippen LogP contribution in [0.1, 0.15) is 82.0 Å². The normalized spacial score (nSPS) is 16.1. The number of rotatable bonds is 20. The minimum Gasteiger partial charge on any atom is -0.469 e. The molecule has 0 saturated heterocycles. The maximum atomic E-state index is 14.8. The van der Waals surface area contributed by atoms with Crippen LogP contribution < -0.4 is 16.0 Å². The molecule has 5 atom stereocenters. The number of hydrogen-bond donors (Lipinski definition) is 4. The third kappa shape index (κ3) is 13.2. The van der Waals surface area contributed by atoms with Crippen LogP contribution in [0.5, 0.6) is 0 Å². The molecule has 1 aliphatic rings. The van der Waals surface area contributed by atoms with Gasteiger partial charge in [-0.3, -0.25) is 14.4 Å². The van der Waals surface area contributed by atoms with Crippen molar-refractivity contribution in [3.63, 3.8) is 0 Å². The molecule has 0 aliphatic heterocycles. The van der Waals surface area contributed by atoms with E-state index in [1.807, 2.05) is 86.6 Å². The molecule has 4 aromatic rings. The lowest BCUT2D eigenvalue weighted by Gasteiger charge is -2.37. The predicted molar refractivity (Wildman–Crippen MR) is 222 cm³/mol. The van der Waals surface area contributed by atoms with Crippen LogP contribution in [0.3, 0.4) is 0 Å². The Morgan fingerprint density at radius 2 is 1.60 bits per heavy atom. The van der Waals surface area contributed by atoms with Crippen molar-refractivity contribution in [2.75, 3.05) is 13.8 Å². The Morgan fingerprint density at radius 3 is 2.29 bits per heavy atom. The van der Waals surface area contributed by atoms with Gasteiger partial charge in [-0.05, 0) is 44.7 Å². The third-order valence-corrected chi connectivity index (χ3v) is 11.2. The van der Waals surface area contributed by atoms with E-state index in [1.54, 1.807) is 6.20 Å². The highest BCUT2D eigenvalue weighted by Gasteiger charge is 2.47. The van der Waals surface area contributed by atoms with E-state index in [-0.39, 0.29) is 37.7 Å². The van der Waals surface area contributed by atoms with Gasteiger partial charge in [0.1, 0.15) is 18.7 Å². The Labute approximate surface area is 341 Å². The number of hydrogen-bond acceptors (Lipinski definition) is 9. The summed E-state index contributed by atoms with van der Waals surface area (Å²) < 4.78 is 30.1. The molecule has 1 aliphatic carbocycles. The third-order valence-electron chi connectivity index (χ3n) is 10.6. The van der Waals surface area contributed by atoms with Gasteiger partial charge in [0, 0.05) is 37.6 Å². The van der Waals surface area contributed by atoms with E-state index in [9.17, 15) is 23.7 Å². The zero-order chi connectivity index (χ0) is 41.5. The number of imidazole rings is 1. The van der Waals surface area contributed by atoms with Gasteiger partial charge in [0.25, 0.3) is 0 Å². The molecule has 13 nitrogen and oxygen atoms in total. The summed E-state index contributed by atoms with van der Waals surface area (Å²) in [5.74, 6) is -2.11. The van der Waals surface area contributed by atoms with Crippen LogP contribution in [0.15, 0.2) is 85.3 Å². The molecular formula is C44H57N5O8P+. The zero-order valence-electron chi connectivity index (χ0n) is 33.9. The quantitative estimate of drug-likeness (QED) is 0.0399. The maximum absolute atomic E-state index is 14.8. The molecule has 0 bridgehead atoms. The fourth-order valence-corrected chi connectivity index (χ4v) is 8.69. The minimum absolute atomic E-state index is 0.00120. The summed E-state index contributed by atoms with van der Waals surface area (Å²) in [6.07, 6.45) is 8.04. The number of amides is 3. The minimum atomic E-state index is -2.26. The van der Waals surface area contributed by atoms with Gasteiger partial charge in [0.2, 0.25) is 11.8 Å². The SMILES string of the molecule is COC(=O)C(CC(C)C)CC(CC1CCCCC1)(NC(=O)[C@H](Cc1cnc[nH]1)NC(=O)C(Cc1cccc2ccccc12)NC(=O)OCc1ccccc1)O[P+](C)=O.